The Balaban J connectivity index is 2.39. The van der Waals surface area contributed by atoms with Crippen LogP contribution in [0.25, 0.3) is 0 Å². The third-order valence-electron chi connectivity index (χ3n) is 2.85. The van der Waals surface area contributed by atoms with E-state index in [1.165, 1.54) is 24.5 Å². The van der Waals surface area contributed by atoms with Crippen LogP contribution in [0.2, 0.25) is 0 Å². The number of Topliss-reactive ketones (excluding diaryl/α,β-unsaturated/α-hetero) is 1. The van der Waals surface area contributed by atoms with Crippen LogP contribution < -0.4 is 5.32 Å². The van der Waals surface area contributed by atoms with Gasteiger partial charge in [0.15, 0.2) is 0 Å². The summed E-state index contributed by atoms with van der Waals surface area (Å²) in [4.78, 5) is 15.8. The molecule has 0 bridgehead atoms. The maximum absolute atomic E-state index is 13.7. The third kappa shape index (κ3) is 3.25. The van der Waals surface area contributed by atoms with Gasteiger partial charge in [-0.25, -0.2) is 8.78 Å². The van der Waals surface area contributed by atoms with Crippen molar-refractivity contribution >= 4 is 24.1 Å². The van der Waals surface area contributed by atoms with Crippen LogP contribution in [0.5, 0.6) is 0 Å². The Kier molecular flexibility index (Phi) is 4.65. The summed E-state index contributed by atoms with van der Waals surface area (Å²) in [6, 6.07) is 3.28. The van der Waals surface area contributed by atoms with Crippen molar-refractivity contribution in [1.82, 2.24) is 5.32 Å². The summed E-state index contributed by atoms with van der Waals surface area (Å²) < 4.78 is 27.4. The van der Waals surface area contributed by atoms with Crippen molar-refractivity contribution in [2.24, 2.45) is 4.99 Å². The number of ketones is 1. The molecule has 21 heavy (non-hydrogen) atoms. The fraction of sp³-hybridized carbons (Fsp3) is 0.0667. The average Bonchev–Trinajstić information content (AvgIpc) is 2.86. The van der Waals surface area contributed by atoms with Gasteiger partial charge in [0.1, 0.15) is 11.6 Å². The smallest absolute Gasteiger partial charge is 0.200 e. The highest BCUT2D eigenvalue weighted by atomic mass is 35.5. The minimum atomic E-state index is -0.901. The molecule has 0 atom stereocenters. The van der Waals surface area contributed by atoms with Crippen LogP contribution in [0.1, 0.15) is 10.4 Å². The number of carbonyl (C=O) groups excluding carboxylic acids is 1. The first-order valence-electron chi connectivity index (χ1n) is 5.99. The van der Waals surface area contributed by atoms with E-state index in [4.69, 9.17) is 11.6 Å². The van der Waals surface area contributed by atoms with E-state index in [9.17, 15) is 13.6 Å². The van der Waals surface area contributed by atoms with Gasteiger partial charge in [0.25, 0.3) is 0 Å². The first-order chi connectivity index (χ1) is 10.0. The van der Waals surface area contributed by atoms with Crippen molar-refractivity contribution in [2.45, 2.75) is 0 Å². The Morgan fingerprint density at radius 1 is 1.38 bits per heavy atom. The molecule has 0 aliphatic carbocycles. The van der Waals surface area contributed by atoms with Crippen molar-refractivity contribution in [3.63, 3.8) is 0 Å². The zero-order valence-corrected chi connectivity index (χ0v) is 11.6. The first-order valence-corrected chi connectivity index (χ1v) is 6.37. The van der Waals surface area contributed by atoms with Crippen LogP contribution in [0.4, 0.5) is 8.78 Å². The lowest BCUT2D eigenvalue weighted by atomic mass is 9.98. The number of benzene rings is 1. The molecule has 0 saturated carbocycles. The summed E-state index contributed by atoms with van der Waals surface area (Å²) in [6.45, 7) is 3.60. The molecule has 0 amide bonds. The molecule has 0 unspecified atom stereocenters. The lowest BCUT2D eigenvalue weighted by molar-refractivity contribution is 0.102. The van der Waals surface area contributed by atoms with Gasteiger partial charge in [-0.15, -0.1) is 0 Å². The van der Waals surface area contributed by atoms with E-state index in [-0.39, 0.29) is 10.6 Å². The molecule has 3 nitrogen and oxygen atoms in total. The molecule has 0 spiro atoms. The summed E-state index contributed by atoms with van der Waals surface area (Å²) in [5, 5.41) is 3.09. The third-order valence-corrected chi connectivity index (χ3v) is 3.05. The van der Waals surface area contributed by atoms with Gasteiger partial charge in [-0.3, -0.25) is 9.79 Å². The number of aliphatic imine (C=N–C) groups is 1. The molecule has 108 valence electrons. The zero-order valence-electron chi connectivity index (χ0n) is 10.9. The van der Waals surface area contributed by atoms with E-state index < -0.39 is 23.0 Å². The first kappa shape index (κ1) is 15.1. The van der Waals surface area contributed by atoms with Gasteiger partial charge in [0.2, 0.25) is 5.78 Å². The fourth-order valence-corrected chi connectivity index (χ4v) is 2.13. The Morgan fingerprint density at radius 2 is 2.05 bits per heavy atom. The largest absolute Gasteiger partial charge is 0.386 e. The number of nitrogens with one attached hydrogen (secondary N) is 1. The van der Waals surface area contributed by atoms with Gasteiger partial charge in [-0.1, -0.05) is 17.7 Å². The monoisotopic (exact) mass is 308 g/mol. The van der Waals surface area contributed by atoms with Crippen LogP contribution in [0.15, 0.2) is 57.8 Å². The lowest BCUT2D eigenvalue weighted by Gasteiger charge is -2.06. The number of rotatable bonds is 4. The minimum Gasteiger partial charge on any atom is -0.386 e. The normalized spacial score (nSPS) is 16.6. The number of carbonyl (C=O) groups is 1. The van der Waals surface area contributed by atoms with Gasteiger partial charge in [0, 0.05) is 24.5 Å². The summed E-state index contributed by atoms with van der Waals surface area (Å²) in [5.74, 6) is -2.54. The Morgan fingerprint density at radius 3 is 2.67 bits per heavy atom. The molecule has 1 aromatic carbocycles. The standard InChI is InChI=1S/C15H11ClF2N2O/c1-19-7-10(16)5-9-6-20-8-11(9)15(21)14-12(17)3-2-4-13(14)18/h2-5,7-8,20H,1,6H2/b9-5+,10-7+. The molecule has 0 radical (unpaired) electrons. The zero-order chi connectivity index (χ0) is 15.4. The molecule has 2 rings (SSSR count). The quantitative estimate of drug-likeness (QED) is 0.684. The lowest BCUT2D eigenvalue weighted by Crippen LogP contribution is -2.10. The SMILES string of the molecule is C=N/C=C(Cl)\C=C1/CNC=C1C(=O)c1c(F)cccc1F. The van der Waals surface area contributed by atoms with Crippen LogP contribution in [-0.4, -0.2) is 19.0 Å². The molecule has 6 heteroatoms. The molecule has 1 aliphatic rings. The van der Waals surface area contributed by atoms with Gasteiger partial charge in [-0.05, 0) is 30.5 Å². The molecule has 1 aromatic rings. The van der Waals surface area contributed by atoms with Crippen LogP contribution in [-0.2, 0) is 0 Å². The molecule has 1 heterocycles. The molecule has 0 aromatic heterocycles. The van der Waals surface area contributed by atoms with Gasteiger partial charge >= 0.3 is 0 Å². The predicted molar refractivity (Wildman–Crippen MR) is 78.3 cm³/mol. The van der Waals surface area contributed by atoms with E-state index in [1.54, 1.807) is 0 Å². The Labute approximate surface area is 125 Å². The molecular weight excluding hydrogens is 298 g/mol. The van der Waals surface area contributed by atoms with Crippen molar-refractivity contribution < 1.29 is 13.6 Å². The predicted octanol–water partition coefficient (Wildman–Crippen LogP) is 3.34. The second-order valence-electron chi connectivity index (χ2n) is 4.23. The number of hydrogen-bond donors (Lipinski definition) is 1. The minimum absolute atomic E-state index is 0.162. The molecule has 1 aliphatic heterocycles. The number of nitrogens with zero attached hydrogens (tertiary/aromatic N) is 1. The van der Waals surface area contributed by atoms with Gasteiger partial charge in [0.05, 0.1) is 10.6 Å². The van der Waals surface area contributed by atoms with Crippen LogP contribution >= 0.6 is 11.6 Å². The maximum Gasteiger partial charge on any atom is 0.200 e. The number of allylic oxidation sites excluding steroid dienone is 2. The van der Waals surface area contributed by atoms with E-state index in [0.717, 1.165) is 12.1 Å². The van der Waals surface area contributed by atoms with Crippen LogP contribution in [0.3, 0.4) is 0 Å². The van der Waals surface area contributed by atoms with E-state index in [2.05, 4.69) is 17.0 Å². The molecule has 0 fully saturated rings. The molecule has 1 N–H and O–H groups in total. The Bertz CT molecular complexity index is 673. The highest BCUT2D eigenvalue weighted by Crippen LogP contribution is 2.24. The summed E-state index contributed by atoms with van der Waals surface area (Å²) in [7, 11) is 0. The maximum atomic E-state index is 13.7. The summed E-state index contributed by atoms with van der Waals surface area (Å²) in [6.07, 6.45) is 4.21. The summed E-state index contributed by atoms with van der Waals surface area (Å²) >= 11 is 5.88. The van der Waals surface area contributed by atoms with Crippen molar-refractivity contribution in [2.75, 3.05) is 6.54 Å². The molecule has 0 saturated heterocycles. The summed E-state index contributed by atoms with van der Waals surface area (Å²) in [5.41, 5.74) is 0.0995. The number of hydrogen-bond acceptors (Lipinski definition) is 3. The van der Waals surface area contributed by atoms with E-state index in [0.29, 0.717) is 12.1 Å². The highest BCUT2D eigenvalue weighted by Gasteiger charge is 2.25. The fourth-order valence-electron chi connectivity index (χ4n) is 1.93. The Hall–Kier alpha value is -2.27. The van der Waals surface area contributed by atoms with Crippen LogP contribution in [0, 0.1) is 11.6 Å². The molecular formula is C15H11ClF2N2O. The van der Waals surface area contributed by atoms with Crippen molar-refractivity contribution in [3.05, 3.63) is 70.1 Å². The van der Waals surface area contributed by atoms with E-state index >= 15 is 0 Å². The van der Waals surface area contributed by atoms with Crippen molar-refractivity contribution in [3.8, 4) is 0 Å². The number of halogens is 3. The van der Waals surface area contributed by atoms with E-state index in [1.807, 2.05) is 0 Å². The average molecular weight is 309 g/mol. The van der Waals surface area contributed by atoms with Crippen molar-refractivity contribution in [1.29, 1.82) is 0 Å². The highest BCUT2D eigenvalue weighted by molar-refractivity contribution is 6.31. The topological polar surface area (TPSA) is 41.5 Å². The van der Waals surface area contributed by atoms with Gasteiger partial charge in [-0.2, -0.15) is 0 Å². The second-order valence-corrected chi connectivity index (χ2v) is 4.67. The second kappa shape index (κ2) is 6.45. The van der Waals surface area contributed by atoms with Gasteiger partial charge < -0.3 is 5.32 Å².